The SMILES string of the molecule is CC(C)NC1(CO)CCCC1CCN1CCC(C(C)C)C1. The Kier molecular flexibility index (Phi) is 6.10. The van der Waals surface area contributed by atoms with Gasteiger partial charge in [-0.25, -0.2) is 0 Å². The van der Waals surface area contributed by atoms with Crippen LogP contribution >= 0.6 is 0 Å². The van der Waals surface area contributed by atoms with Crippen molar-refractivity contribution in [2.45, 2.75) is 71.4 Å². The zero-order valence-corrected chi connectivity index (χ0v) is 14.6. The Morgan fingerprint density at radius 2 is 2.00 bits per heavy atom. The summed E-state index contributed by atoms with van der Waals surface area (Å²) in [6, 6.07) is 0.454. The van der Waals surface area contributed by atoms with Gasteiger partial charge in [-0.2, -0.15) is 0 Å². The highest BCUT2D eigenvalue weighted by Crippen LogP contribution is 2.38. The van der Waals surface area contributed by atoms with Gasteiger partial charge in [0.05, 0.1) is 6.61 Å². The van der Waals surface area contributed by atoms with Crippen molar-refractivity contribution >= 4 is 0 Å². The number of likely N-dealkylation sites (tertiary alicyclic amines) is 1. The third-order valence-corrected chi connectivity index (χ3v) is 5.86. The van der Waals surface area contributed by atoms with Gasteiger partial charge >= 0.3 is 0 Å². The quantitative estimate of drug-likeness (QED) is 0.758. The number of aliphatic hydroxyl groups excluding tert-OH is 1. The normalized spacial score (nSPS) is 34.4. The minimum absolute atomic E-state index is 0.00859. The summed E-state index contributed by atoms with van der Waals surface area (Å²) in [7, 11) is 0. The lowest BCUT2D eigenvalue weighted by Gasteiger charge is -2.37. The van der Waals surface area contributed by atoms with Crippen LogP contribution in [0.4, 0.5) is 0 Å². The molecule has 3 unspecified atom stereocenters. The molecular formula is C18H36N2O. The van der Waals surface area contributed by atoms with E-state index in [4.69, 9.17) is 0 Å². The molecule has 3 atom stereocenters. The smallest absolute Gasteiger partial charge is 0.0616 e. The number of rotatable bonds is 7. The molecule has 0 amide bonds. The van der Waals surface area contributed by atoms with E-state index in [1.807, 2.05) is 0 Å². The highest BCUT2D eigenvalue weighted by molar-refractivity contribution is 5.00. The first kappa shape index (κ1) is 17.2. The van der Waals surface area contributed by atoms with Crippen LogP contribution in [-0.2, 0) is 0 Å². The molecule has 3 nitrogen and oxygen atoms in total. The Hall–Kier alpha value is -0.120. The Bertz CT molecular complexity index is 318. The van der Waals surface area contributed by atoms with Crippen molar-refractivity contribution in [1.82, 2.24) is 10.2 Å². The predicted octanol–water partition coefficient (Wildman–Crippen LogP) is 2.88. The van der Waals surface area contributed by atoms with Gasteiger partial charge in [0.1, 0.15) is 0 Å². The van der Waals surface area contributed by atoms with E-state index in [0.29, 0.717) is 18.6 Å². The number of nitrogens with one attached hydrogen (secondary N) is 1. The molecule has 1 saturated carbocycles. The summed E-state index contributed by atoms with van der Waals surface area (Å²) in [5.41, 5.74) is -0.00859. The third kappa shape index (κ3) is 4.20. The van der Waals surface area contributed by atoms with E-state index in [9.17, 15) is 5.11 Å². The number of hydrogen-bond acceptors (Lipinski definition) is 3. The van der Waals surface area contributed by atoms with Gasteiger partial charge in [0, 0.05) is 18.1 Å². The molecular weight excluding hydrogens is 260 g/mol. The lowest BCUT2D eigenvalue weighted by molar-refractivity contribution is 0.104. The molecule has 3 heteroatoms. The third-order valence-electron chi connectivity index (χ3n) is 5.86. The molecule has 2 rings (SSSR count). The van der Waals surface area contributed by atoms with E-state index in [1.54, 1.807) is 0 Å². The van der Waals surface area contributed by atoms with Gasteiger partial charge in [0.15, 0.2) is 0 Å². The first-order chi connectivity index (χ1) is 9.97. The lowest BCUT2D eigenvalue weighted by Crippen LogP contribution is -2.54. The maximum atomic E-state index is 9.97. The summed E-state index contributed by atoms with van der Waals surface area (Å²) in [5.74, 6) is 2.36. The molecule has 0 spiro atoms. The Balaban J connectivity index is 1.84. The van der Waals surface area contributed by atoms with Crippen LogP contribution in [0.15, 0.2) is 0 Å². The van der Waals surface area contributed by atoms with Crippen LogP contribution in [0.5, 0.6) is 0 Å². The predicted molar refractivity (Wildman–Crippen MR) is 89.4 cm³/mol. The minimum Gasteiger partial charge on any atom is -0.394 e. The first-order valence-electron chi connectivity index (χ1n) is 9.08. The monoisotopic (exact) mass is 296 g/mol. The van der Waals surface area contributed by atoms with Crippen molar-refractivity contribution < 1.29 is 5.11 Å². The zero-order valence-electron chi connectivity index (χ0n) is 14.6. The van der Waals surface area contributed by atoms with Crippen molar-refractivity contribution in [3.8, 4) is 0 Å². The summed E-state index contributed by atoms with van der Waals surface area (Å²) in [5, 5.41) is 13.7. The molecule has 0 aromatic rings. The average Bonchev–Trinajstić information content (AvgIpc) is 3.03. The first-order valence-corrected chi connectivity index (χ1v) is 9.08. The van der Waals surface area contributed by atoms with Crippen LogP contribution in [0, 0.1) is 17.8 Å². The highest BCUT2D eigenvalue weighted by atomic mass is 16.3. The fourth-order valence-corrected chi connectivity index (χ4v) is 4.53. The lowest BCUT2D eigenvalue weighted by atomic mass is 9.84. The summed E-state index contributed by atoms with van der Waals surface area (Å²) in [4.78, 5) is 2.65. The number of hydrogen-bond donors (Lipinski definition) is 2. The van der Waals surface area contributed by atoms with Gasteiger partial charge in [0.25, 0.3) is 0 Å². The molecule has 2 fully saturated rings. The molecule has 0 aromatic carbocycles. The molecule has 0 radical (unpaired) electrons. The van der Waals surface area contributed by atoms with E-state index in [1.165, 1.54) is 45.3 Å². The van der Waals surface area contributed by atoms with Gasteiger partial charge in [0.2, 0.25) is 0 Å². The summed E-state index contributed by atoms with van der Waals surface area (Å²) in [6.07, 6.45) is 6.30. The van der Waals surface area contributed by atoms with Crippen LogP contribution in [0.2, 0.25) is 0 Å². The average molecular weight is 296 g/mol. The van der Waals surface area contributed by atoms with Gasteiger partial charge in [-0.05, 0) is 56.5 Å². The molecule has 2 aliphatic rings. The fourth-order valence-electron chi connectivity index (χ4n) is 4.53. The summed E-state index contributed by atoms with van der Waals surface area (Å²) in [6.45, 7) is 13.2. The molecule has 1 aliphatic carbocycles. The number of aliphatic hydroxyl groups is 1. The van der Waals surface area contributed by atoms with Gasteiger partial charge in [-0.3, -0.25) is 0 Å². The van der Waals surface area contributed by atoms with Crippen molar-refractivity contribution in [3.63, 3.8) is 0 Å². The number of nitrogens with zero attached hydrogens (tertiary/aromatic N) is 1. The van der Waals surface area contributed by atoms with Crippen molar-refractivity contribution in [1.29, 1.82) is 0 Å². The van der Waals surface area contributed by atoms with E-state index in [0.717, 1.165) is 18.3 Å². The van der Waals surface area contributed by atoms with E-state index in [2.05, 4.69) is 37.9 Å². The van der Waals surface area contributed by atoms with Crippen LogP contribution < -0.4 is 5.32 Å². The molecule has 124 valence electrons. The fraction of sp³-hybridized carbons (Fsp3) is 1.00. The molecule has 1 saturated heterocycles. The molecule has 1 heterocycles. The van der Waals surface area contributed by atoms with Crippen LogP contribution in [0.25, 0.3) is 0 Å². The second-order valence-corrected chi connectivity index (χ2v) is 8.08. The largest absolute Gasteiger partial charge is 0.394 e. The Morgan fingerprint density at radius 1 is 1.24 bits per heavy atom. The maximum Gasteiger partial charge on any atom is 0.0616 e. The van der Waals surface area contributed by atoms with Crippen LogP contribution in [0.1, 0.15) is 59.8 Å². The van der Waals surface area contributed by atoms with E-state index in [-0.39, 0.29) is 5.54 Å². The summed E-state index contributed by atoms with van der Waals surface area (Å²) < 4.78 is 0. The Morgan fingerprint density at radius 3 is 2.57 bits per heavy atom. The highest BCUT2D eigenvalue weighted by Gasteiger charge is 2.42. The van der Waals surface area contributed by atoms with Crippen LogP contribution in [0.3, 0.4) is 0 Å². The second-order valence-electron chi connectivity index (χ2n) is 8.08. The maximum absolute atomic E-state index is 9.97. The molecule has 2 N–H and O–H groups in total. The molecule has 0 aromatic heterocycles. The van der Waals surface area contributed by atoms with Gasteiger partial charge < -0.3 is 15.3 Å². The topological polar surface area (TPSA) is 35.5 Å². The zero-order chi connectivity index (χ0) is 15.5. The molecule has 21 heavy (non-hydrogen) atoms. The van der Waals surface area contributed by atoms with Crippen molar-refractivity contribution in [3.05, 3.63) is 0 Å². The van der Waals surface area contributed by atoms with Gasteiger partial charge in [-0.15, -0.1) is 0 Å². The van der Waals surface area contributed by atoms with Crippen molar-refractivity contribution in [2.24, 2.45) is 17.8 Å². The van der Waals surface area contributed by atoms with Gasteiger partial charge in [-0.1, -0.05) is 34.1 Å². The summed E-state index contributed by atoms with van der Waals surface area (Å²) >= 11 is 0. The van der Waals surface area contributed by atoms with E-state index < -0.39 is 0 Å². The second kappa shape index (κ2) is 7.43. The molecule has 1 aliphatic heterocycles. The van der Waals surface area contributed by atoms with Crippen molar-refractivity contribution in [2.75, 3.05) is 26.2 Å². The van der Waals surface area contributed by atoms with Crippen LogP contribution in [-0.4, -0.2) is 47.8 Å². The van der Waals surface area contributed by atoms with E-state index >= 15 is 0 Å². The molecule has 0 bridgehead atoms. The minimum atomic E-state index is -0.00859. The standard InChI is InChI=1S/C18H36N2O/c1-14(2)16-7-10-20(12-16)11-8-17-6-5-9-18(17,13-21)19-15(3)4/h14-17,19,21H,5-13H2,1-4H3. The Labute approximate surface area is 131 Å².